The standard InChI is InChI=1S/C10H18ClNO/c11-7-3-1-2-4-8-12-9-5-6-10(12)13/h1-9H2. The van der Waals surface area contributed by atoms with Gasteiger partial charge in [0.2, 0.25) is 5.91 Å². The van der Waals surface area contributed by atoms with Gasteiger partial charge < -0.3 is 4.90 Å². The Morgan fingerprint density at radius 3 is 2.62 bits per heavy atom. The lowest BCUT2D eigenvalue weighted by atomic mass is 10.2. The Labute approximate surface area is 85.2 Å². The van der Waals surface area contributed by atoms with Crippen LogP contribution in [0.2, 0.25) is 0 Å². The number of alkyl halides is 1. The monoisotopic (exact) mass is 203 g/mol. The number of likely N-dealkylation sites (tertiary alicyclic amines) is 1. The van der Waals surface area contributed by atoms with Crippen molar-refractivity contribution in [3.05, 3.63) is 0 Å². The molecular weight excluding hydrogens is 186 g/mol. The molecule has 1 fully saturated rings. The van der Waals surface area contributed by atoms with Gasteiger partial charge in [0.15, 0.2) is 0 Å². The topological polar surface area (TPSA) is 20.3 Å². The van der Waals surface area contributed by atoms with Gasteiger partial charge in [-0.25, -0.2) is 0 Å². The van der Waals surface area contributed by atoms with Crippen molar-refractivity contribution in [2.24, 2.45) is 0 Å². The fourth-order valence-corrected chi connectivity index (χ4v) is 1.88. The van der Waals surface area contributed by atoms with Gasteiger partial charge in [-0.2, -0.15) is 0 Å². The van der Waals surface area contributed by atoms with Gasteiger partial charge in [-0.1, -0.05) is 12.8 Å². The summed E-state index contributed by atoms with van der Waals surface area (Å²) in [5.41, 5.74) is 0. The van der Waals surface area contributed by atoms with Crippen molar-refractivity contribution in [1.29, 1.82) is 0 Å². The highest BCUT2D eigenvalue weighted by atomic mass is 35.5. The summed E-state index contributed by atoms with van der Waals surface area (Å²) < 4.78 is 0. The predicted molar refractivity (Wildman–Crippen MR) is 55.0 cm³/mol. The van der Waals surface area contributed by atoms with Crippen LogP contribution in [0.1, 0.15) is 38.5 Å². The first-order valence-electron chi connectivity index (χ1n) is 5.18. The van der Waals surface area contributed by atoms with Crippen LogP contribution in [0.4, 0.5) is 0 Å². The van der Waals surface area contributed by atoms with E-state index in [1.807, 2.05) is 4.90 Å². The molecule has 1 rings (SSSR count). The number of hydrogen-bond acceptors (Lipinski definition) is 1. The summed E-state index contributed by atoms with van der Waals surface area (Å²) in [6, 6.07) is 0. The van der Waals surface area contributed by atoms with Crippen LogP contribution in [-0.2, 0) is 4.79 Å². The molecule has 0 spiro atoms. The molecule has 2 nitrogen and oxygen atoms in total. The normalized spacial score (nSPS) is 17.0. The van der Waals surface area contributed by atoms with Gasteiger partial charge in [0.25, 0.3) is 0 Å². The van der Waals surface area contributed by atoms with E-state index in [1.54, 1.807) is 0 Å². The Balaban J connectivity index is 1.96. The fraction of sp³-hybridized carbons (Fsp3) is 0.900. The van der Waals surface area contributed by atoms with Gasteiger partial charge in [-0.3, -0.25) is 4.79 Å². The molecule has 76 valence electrons. The molecule has 0 bridgehead atoms. The van der Waals surface area contributed by atoms with E-state index in [-0.39, 0.29) is 0 Å². The lowest BCUT2D eigenvalue weighted by Crippen LogP contribution is -2.25. The van der Waals surface area contributed by atoms with Gasteiger partial charge in [0, 0.05) is 25.4 Å². The summed E-state index contributed by atoms with van der Waals surface area (Å²) >= 11 is 5.57. The summed E-state index contributed by atoms with van der Waals surface area (Å²) in [5.74, 6) is 1.11. The summed E-state index contributed by atoms with van der Waals surface area (Å²) in [4.78, 5) is 13.2. The molecule has 1 aliphatic heterocycles. The Morgan fingerprint density at radius 2 is 2.00 bits per heavy atom. The van der Waals surface area contributed by atoms with Crippen molar-refractivity contribution in [1.82, 2.24) is 4.90 Å². The minimum atomic E-state index is 0.345. The van der Waals surface area contributed by atoms with Gasteiger partial charge in [-0.15, -0.1) is 11.6 Å². The number of halogens is 1. The predicted octanol–water partition coefficient (Wildman–Crippen LogP) is 2.41. The number of unbranched alkanes of at least 4 members (excludes halogenated alkanes) is 3. The summed E-state index contributed by atoms with van der Waals surface area (Å²) in [5, 5.41) is 0. The van der Waals surface area contributed by atoms with Crippen molar-refractivity contribution in [3.63, 3.8) is 0 Å². The van der Waals surface area contributed by atoms with Gasteiger partial charge in [-0.05, 0) is 19.3 Å². The molecule has 0 radical (unpaired) electrons. The van der Waals surface area contributed by atoms with E-state index in [0.29, 0.717) is 5.91 Å². The van der Waals surface area contributed by atoms with Gasteiger partial charge in [0.1, 0.15) is 0 Å². The van der Waals surface area contributed by atoms with Crippen LogP contribution in [0.25, 0.3) is 0 Å². The number of rotatable bonds is 6. The molecule has 0 aromatic rings. The molecule has 1 saturated heterocycles. The number of carbonyl (C=O) groups is 1. The molecule has 1 aliphatic rings. The second kappa shape index (κ2) is 6.25. The van der Waals surface area contributed by atoms with Crippen LogP contribution in [-0.4, -0.2) is 29.8 Å². The smallest absolute Gasteiger partial charge is 0.222 e. The van der Waals surface area contributed by atoms with E-state index in [2.05, 4.69) is 0 Å². The van der Waals surface area contributed by atoms with Gasteiger partial charge >= 0.3 is 0 Å². The average molecular weight is 204 g/mol. The van der Waals surface area contributed by atoms with E-state index in [4.69, 9.17) is 11.6 Å². The molecule has 0 saturated carbocycles. The maximum Gasteiger partial charge on any atom is 0.222 e. The maximum absolute atomic E-state index is 11.2. The summed E-state index contributed by atoms with van der Waals surface area (Å²) in [6.45, 7) is 1.94. The minimum Gasteiger partial charge on any atom is -0.343 e. The Kier molecular flexibility index (Phi) is 5.21. The fourth-order valence-electron chi connectivity index (χ4n) is 1.69. The van der Waals surface area contributed by atoms with Crippen molar-refractivity contribution in [2.45, 2.75) is 38.5 Å². The first-order chi connectivity index (χ1) is 6.34. The molecular formula is C10H18ClNO. The zero-order valence-corrected chi connectivity index (χ0v) is 8.85. The number of nitrogens with zero attached hydrogens (tertiary/aromatic N) is 1. The lowest BCUT2D eigenvalue weighted by Gasteiger charge is -2.14. The maximum atomic E-state index is 11.2. The molecule has 0 atom stereocenters. The number of carbonyl (C=O) groups excluding carboxylic acids is 1. The Hall–Kier alpha value is -0.240. The molecule has 0 aromatic carbocycles. The van der Waals surface area contributed by atoms with E-state index in [0.717, 1.165) is 44.7 Å². The van der Waals surface area contributed by atoms with E-state index in [1.165, 1.54) is 12.8 Å². The van der Waals surface area contributed by atoms with Gasteiger partial charge in [0.05, 0.1) is 0 Å². The first kappa shape index (κ1) is 10.8. The third kappa shape index (κ3) is 3.99. The average Bonchev–Trinajstić information content (AvgIpc) is 2.52. The van der Waals surface area contributed by atoms with Crippen LogP contribution in [0, 0.1) is 0 Å². The number of amides is 1. The SMILES string of the molecule is O=C1CCCN1CCCCCCCl. The van der Waals surface area contributed by atoms with E-state index >= 15 is 0 Å². The highest BCUT2D eigenvalue weighted by molar-refractivity contribution is 6.17. The molecule has 0 aromatic heterocycles. The minimum absolute atomic E-state index is 0.345. The van der Waals surface area contributed by atoms with Crippen LogP contribution in [0.5, 0.6) is 0 Å². The Morgan fingerprint density at radius 1 is 1.23 bits per heavy atom. The Bertz CT molecular complexity index is 161. The highest BCUT2D eigenvalue weighted by Gasteiger charge is 2.18. The third-order valence-corrected chi connectivity index (χ3v) is 2.75. The zero-order chi connectivity index (χ0) is 9.52. The van der Waals surface area contributed by atoms with E-state index in [9.17, 15) is 4.79 Å². The van der Waals surface area contributed by atoms with Crippen LogP contribution >= 0.6 is 11.6 Å². The van der Waals surface area contributed by atoms with Crippen LogP contribution in [0.3, 0.4) is 0 Å². The molecule has 0 unspecified atom stereocenters. The third-order valence-electron chi connectivity index (χ3n) is 2.48. The van der Waals surface area contributed by atoms with Crippen molar-refractivity contribution < 1.29 is 4.79 Å². The molecule has 0 N–H and O–H groups in total. The molecule has 13 heavy (non-hydrogen) atoms. The lowest BCUT2D eigenvalue weighted by molar-refractivity contribution is -0.127. The van der Waals surface area contributed by atoms with Crippen molar-refractivity contribution in [2.75, 3.05) is 19.0 Å². The van der Waals surface area contributed by atoms with Crippen LogP contribution in [0.15, 0.2) is 0 Å². The second-order valence-electron chi connectivity index (χ2n) is 3.59. The molecule has 1 heterocycles. The molecule has 3 heteroatoms. The number of hydrogen-bond donors (Lipinski definition) is 0. The van der Waals surface area contributed by atoms with Crippen molar-refractivity contribution >= 4 is 17.5 Å². The largest absolute Gasteiger partial charge is 0.343 e. The summed E-state index contributed by atoms with van der Waals surface area (Å²) in [7, 11) is 0. The van der Waals surface area contributed by atoms with Crippen molar-refractivity contribution in [3.8, 4) is 0 Å². The van der Waals surface area contributed by atoms with Crippen LogP contribution < -0.4 is 0 Å². The molecule has 1 amide bonds. The second-order valence-corrected chi connectivity index (χ2v) is 3.97. The highest BCUT2D eigenvalue weighted by Crippen LogP contribution is 2.11. The van der Waals surface area contributed by atoms with E-state index < -0.39 is 0 Å². The quantitative estimate of drug-likeness (QED) is 0.480. The molecule has 0 aliphatic carbocycles. The zero-order valence-electron chi connectivity index (χ0n) is 8.10. The summed E-state index contributed by atoms with van der Waals surface area (Å²) in [6.07, 6.45) is 6.47. The first-order valence-corrected chi connectivity index (χ1v) is 5.72.